The first kappa shape index (κ1) is 20.5. The van der Waals surface area contributed by atoms with Crippen molar-refractivity contribution in [2.75, 3.05) is 18.8 Å². The second-order valence-corrected chi connectivity index (χ2v) is 8.79. The molecular weight excluding hydrogens is 402 g/mol. The molecule has 1 saturated carbocycles. The molecule has 4 atom stereocenters. The summed E-state index contributed by atoms with van der Waals surface area (Å²) >= 11 is 0. The van der Waals surface area contributed by atoms with Crippen LogP contribution in [0.15, 0.2) is 72.9 Å². The number of rotatable bonds is 4. The van der Waals surface area contributed by atoms with Crippen molar-refractivity contribution in [3.05, 3.63) is 78.5 Å². The number of aliphatic hydroxyl groups excluding tert-OH is 1. The number of likely N-dealkylation sites (tertiary alicyclic amines) is 1. The van der Waals surface area contributed by atoms with Crippen LogP contribution in [0.5, 0.6) is 5.75 Å². The van der Waals surface area contributed by atoms with Gasteiger partial charge in [0.05, 0.1) is 6.10 Å². The van der Waals surface area contributed by atoms with Crippen LogP contribution in [0, 0.1) is 11.8 Å². The first-order valence-corrected chi connectivity index (χ1v) is 11.1. The maximum Gasteiger partial charge on any atom is 0.254 e. The molecule has 6 heteroatoms. The zero-order valence-corrected chi connectivity index (χ0v) is 17.8. The number of fused-ring (bicyclic) bond motifs is 1. The predicted octanol–water partition coefficient (Wildman–Crippen LogP) is 3.62. The number of ether oxygens (including phenoxy) is 1. The molecule has 0 bridgehead atoms. The van der Waals surface area contributed by atoms with Gasteiger partial charge in [0, 0.05) is 24.8 Å². The molecule has 2 fully saturated rings. The number of hydrogen-bond donors (Lipinski definition) is 2. The molecule has 1 aliphatic heterocycles. The van der Waals surface area contributed by atoms with Crippen molar-refractivity contribution in [1.82, 2.24) is 9.88 Å². The van der Waals surface area contributed by atoms with Crippen LogP contribution in [0.4, 0.5) is 5.82 Å². The zero-order valence-electron chi connectivity index (χ0n) is 17.8. The lowest BCUT2D eigenvalue weighted by atomic mass is 9.78. The number of carbonyl (C=O) groups is 1. The van der Waals surface area contributed by atoms with E-state index in [4.69, 9.17) is 10.5 Å². The van der Waals surface area contributed by atoms with Crippen molar-refractivity contribution in [2.45, 2.75) is 25.0 Å². The molecule has 6 nitrogen and oxygen atoms in total. The second kappa shape index (κ2) is 8.63. The summed E-state index contributed by atoms with van der Waals surface area (Å²) in [6.07, 6.45) is 2.08. The van der Waals surface area contributed by atoms with E-state index in [1.807, 2.05) is 41.3 Å². The molecule has 1 aliphatic carbocycles. The van der Waals surface area contributed by atoms with E-state index in [9.17, 15) is 9.90 Å². The molecule has 0 spiro atoms. The summed E-state index contributed by atoms with van der Waals surface area (Å²) < 4.78 is 6.26. The van der Waals surface area contributed by atoms with Crippen molar-refractivity contribution < 1.29 is 14.6 Å². The van der Waals surface area contributed by atoms with E-state index in [0.29, 0.717) is 36.8 Å². The molecule has 3 N–H and O–H groups in total. The number of aliphatic hydroxyl groups is 1. The van der Waals surface area contributed by atoms with Gasteiger partial charge in [-0.05, 0) is 60.1 Å². The Balaban J connectivity index is 1.26. The van der Waals surface area contributed by atoms with Crippen molar-refractivity contribution in [1.29, 1.82) is 0 Å². The Morgan fingerprint density at radius 1 is 0.969 bits per heavy atom. The Labute approximate surface area is 187 Å². The minimum atomic E-state index is -0.553. The lowest BCUT2D eigenvalue weighted by Crippen LogP contribution is -2.42. The third-order valence-electron chi connectivity index (χ3n) is 6.63. The number of carbonyl (C=O) groups excluding carboxylic acids is 1. The smallest absolute Gasteiger partial charge is 0.254 e. The van der Waals surface area contributed by atoms with Crippen molar-refractivity contribution in [3.63, 3.8) is 0 Å². The van der Waals surface area contributed by atoms with Gasteiger partial charge in [0.2, 0.25) is 0 Å². The Morgan fingerprint density at radius 3 is 2.50 bits per heavy atom. The molecule has 1 saturated heterocycles. The van der Waals surface area contributed by atoms with Gasteiger partial charge in [-0.15, -0.1) is 0 Å². The van der Waals surface area contributed by atoms with Crippen molar-refractivity contribution in [2.24, 2.45) is 11.8 Å². The van der Waals surface area contributed by atoms with Crippen LogP contribution in [0.25, 0.3) is 11.1 Å². The zero-order chi connectivity index (χ0) is 22.1. The maximum atomic E-state index is 12.9. The molecule has 3 aromatic rings. The third kappa shape index (κ3) is 4.18. The number of amides is 1. The standard InChI is InChI=1S/C26H27N3O3/c27-25-14-19(9-10-28-25)26(31)29-15-20-12-23(30)24(13-21(20)16-29)32-22-8-4-7-18(11-22)17-5-2-1-3-6-17/h1-11,14,20-21,23-24,30H,12-13,15-16H2,(H2,27,28)/t20-,21+,23+,24+/m0/s1. The van der Waals surface area contributed by atoms with Crippen LogP contribution in [-0.2, 0) is 0 Å². The van der Waals surface area contributed by atoms with Gasteiger partial charge in [-0.2, -0.15) is 0 Å². The van der Waals surface area contributed by atoms with Crippen LogP contribution >= 0.6 is 0 Å². The summed E-state index contributed by atoms with van der Waals surface area (Å²) in [5.74, 6) is 1.66. The summed E-state index contributed by atoms with van der Waals surface area (Å²) in [5, 5.41) is 10.8. The van der Waals surface area contributed by atoms with E-state index in [1.165, 1.54) is 0 Å². The minimum absolute atomic E-state index is 0.0315. The molecule has 0 radical (unpaired) electrons. The number of anilines is 1. The fourth-order valence-corrected chi connectivity index (χ4v) is 5.00. The Kier molecular flexibility index (Phi) is 5.53. The number of aromatic nitrogens is 1. The van der Waals surface area contributed by atoms with E-state index in [2.05, 4.69) is 23.2 Å². The maximum absolute atomic E-state index is 12.9. The number of pyridine rings is 1. The highest BCUT2D eigenvalue weighted by atomic mass is 16.5. The third-order valence-corrected chi connectivity index (χ3v) is 6.63. The average Bonchev–Trinajstić information content (AvgIpc) is 3.22. The molecule has 1 aromatic heterocycles. The van der Waals surface area contributed by atoms with Crippen molar-refractivity contribution >= 4 is 11.7 Å². The monoisotopic (exact) mass is 429 g/mol. The van der Waals surface area contributed by atoms with Crippen LogP contribution in [0.3, 0.4) is 0 Å². The minimum Gasteiger partial charge on any atom is -0.488 e. The lowest BCUT2D eigenvalue weighted by molar-refractivity contribution is -0.0231. The van der Waals surface area contributed by atoms with Gasteiger partial charge in [-0.3, -0.25) is 4.79 Å². The van der Waals surface area contributed by atoms with Crippen LogP contribution in [0.1, 0.15) is 23.2 Å². The van der Waals surface area contributed by atoms with Gasteiger partial charge >= 0.3 is 0 Å². The normalized spacial score (nSPS) is 24.7. The number of hydrogen-bond acceptors (Lipinski definition) is 5. The van der Waals surface area contributed by atoms with Crippen LogP contribution < -0.4 is 10.5 Å². The van der Waals surface area contributed by atoms with E-state index < -0.39 is 6.10 Å². The predicted molar refractivity (Wildman–Crippen MR) is 123 cm³/mol. The van der Waals surface area contributed by atoms with Gasteiger partial charge in [0.25, 0.3) is 5.91 Å². The van der Waals surface area contributed by atoms with E-state index in [1.54, 1.807) is 18.3 Å². The number of benzene rings is 2. The molecule has 2 heterocycles. The molecule has 5 rings (SSSR count). The number of nitrogen functional groups attached to an aromatic ring is 1. The Hall–Kier alpha value is -3.38. The van der Waals surface area contributed by atoms with E-state index >= 15 is 0 Å². The fraction of sp³-hybridized carbons (Fsp3) is 0.308. The number of nitrogens with zero attached hydrogens (tertiary/aromatic N) is 2. The fourth-order valence-electron chi connectivity index (χ4n) is 5.00. The molecule has 164 valence electrons. The van der Waals surface area contributed by atoms with Gasteiger partial charge in [-0.25, -0.2) is 4.98 Å². The highest BCUT2D eigenvalue weighted by Crippen LogP contribution is 2.39. The Morgan fingerprint density at radius 2 is 1.72 bits per heavy atom. The van der Waals surface area contributed by atoms with Crippen LogP contribution in [-0.4, -0.2) is 46.2 Å². The number of nitrogens with two attached hydrogens (primary N) is 1. The summed E-state index contributed by atoms with van der Waals surface area (Å²) in [5.41, 5.74) is 8.51. The highest BCUT2D eigenvalue weighted by Gasteiger charge is 2.44. The molecule has 32 heavy (non-hydrogen) atoms. The van der Waals surface area contributed by atoms with E-state index in [0.717, 1.165) is 23.3 Å². The summed E-state index contributed by atoms with van der Waals surface area (Å²) in [7, 11) is 0. The first-order chi connectivity index (χ1) is 15.6. The second-order valence-electron chi connectivity index (χ2n) is 8.79. The van der Waals surface area contributed by atoms with Gasteiger partial charge in [0.1, 0.15) is 17.7 Å². The highest BCUT2D eigenvalue weighted by molar-refractivity contribution is 5.95. The van der Waals surface area contributed by atoms with Crippen LogP contribution in [0.2, 0.25) is 0 Å². The molecule has 2 aromatic carbocycles. The van der Waals surface area contributed by atoms with Gasteiger partial charge in [-0.1, -0.05) is 42.5 Å². The average molecular weight is 430 g/mol. The SMILES string of the molecule is Nc1cc(C(=O)N2C[C@H]3C[C@@H](Oc4cccc(-c5ccccc5)c4)[C@H](O)C[C@H]3C2)ccn1. The molecule has 2 aliphatic rings. The van der Waals surface area contributed by atoms with Crippen molar-refractivity contribution in [3.8, 4) is 16.9 Å². The summed E-state index contributed by atoms with van der Waals surface area (Å²) in [6, 6.07) is 21.5. The molecule has 1 amide bonds. The van der Waals surface area contributed by atoms with Gasteiger partial charge in [0.15, 0.2) is 0 Å². The Bertz CT molecular complexity index is 1100. The largest absolute Gasteiger partial charge is 0.488 e. The lowest BCUT2D eigenvalue weighted by Gasteiger charge is -2.35. The summed E-state index contributed by atoms with van der Waals surface area (Å²) in [4.78, 5) is 18.8. The van der Waals surface area contributed by atoms with E-state index in [-0.39, 0.29) is 17.9 Å². The first-order valence-electron chi connectivity index (χ1n) is 11.1. The molecular formula is C26H27N3O3. The van der Waals surface area contributed by atoms with Gasteiger partial charge < -0.3 is 20.5 Å². The summed E-state index contributed by atoms with van der Waals surface area (Å²) in [6.45, 7) is 1.32. The quantitative estimate of drug-likeness (QED) is 0.661. The topological polar surface area (TPSA) is 88.7 Å². The molecule has 0 unspecified atom stereocenters.